The number of fused-ring (bicyclic) bond motifs is 14. The van der Waals surface area contributed by atoms with E-state index in [0.717, 1.165) is 111 Å². The van der Waals surface area contributed by atoms with Crippen molar-refractivity contribution in [3.8, 4) is 44.9 Å². The van der Waals surface area contributed by atoms with E-state index >= 15 is 0 Å². The highest BCUT2D eigenvalue weighted by molar-refractivity contribution is 6.15. The highest BCUT2D eigenvalue weighted by Crippen LogP contribution is 2.57. The largest absolute Gasteiger partial charge is 0.456 e. The molecule has 13 aromatic rings. The van der Waals surface area contributed by atoms with Gasteiger partial charge < -0.3 is 23.4 Å². The lowest BCUT2D eigenvalue weighted by Crippen LogP contribution is -2.17. The molecule has 3 heterocycles. The summed E-state index contributed by atoms with van der Waals surface area (Å²) in [5, 5.41) is 6.49. The smallest absolute Gasteiger partial charge is 0.159 e. The summed E-state index contributed by atoms with van der Waals surface area (Å²) in [5.41, 5.74) is 21.7. The molecule has 0 fully saturated rings. The van der Waals surface area contributed by atoms with Crippen LogP contribution in [0.2, 0.25) is 0 Å². The highest BCUT2D eigenvalue weighted by atomic mass is 16.5. The molecule has 0 unspecified atom stereocenters. The van der Waals surface area contributed by atoms with Gasteiger partial charge in [0, 0.05) is 66.2 Å². The van der Waals surface area contributed by atoms with E-state index in [0.29, 0.717) is 0 Å². The predicted molar refractivity (Wildman–Crippen MR) is 309 cm³/mol. The van der Waals surface area contributed by atoms with E-state index in [1.165, 1.54) is 44.5 Å². The molecule has 356 valence electrons. The van der Waals surface area contributed by atoms with Crippen LogP contribution in [0.1, 0.15) is 49.9 Å². The zero-order chi connectivity index (χ0) is 49.9. The van der Waals surface area contributed by atoms with Gasteiger partial charge >= 0.3 is 0 Å². The van der Waals surface area contributed by atoms with Crippen LogP contribution < -0.4 is 14.5 Å². The third kappa shape index (κ3) is 5.84. The van der Waals surface area contributed by atoms with E-state index in [4.69, 9.17) is 13.6 Å². The first-order valence-corrected chi connectivity index (χ1v) is 26.0. The van der Waals surface area contributed by atoms with Gasteiger partial charge in [-0.2, -0.15) is 0 Å². The number of hydrogen-bond acceptors (Lipinski definition) is 5. The van der Waals surface area contributed by atoms with Crippen molar-refractivity contribution in [2.75, 3.05) is 9.80 Å². The zero-order valence-electron chi connectivity index (χ0n) is 41.9. The Bertz CT molecular complexity index is 4610. The van der Waals surface area contributed by atoms with E-state index in [9.17, 15) is 0 Å². The molecule has 5 nitrogen and oxygen atoms in total. The molecule has 1 aliphatic heterocycles. The molecule has 0 saturated carbocycles. The second-order valence-electron chi connectivity index (χ2n) is 21.6. The Morgan fingerprint density at radius 1 is 0.307 bits per heavy atom. The zero-order valence-corrected chi connectivity index (χ0v) is 41.9. The van der Waals surface area contributed by atoms with Crippen molar-refractivity contribution in [1.29, 1.82) is 0 Å². The number of furan rings is 2. The Kier molecular flexibility index (Phi) is 8.51. The summed E-state index contributed by atoms with van der Waals surface area (Å²) in [4.78, 5) is 4.75. The maximum atomic E-state index is 7.19. The molecule has 16 rings (SSSR count). The summed E-state index contributed by atoms with van der Waals surface area (Å²) in [5.74, 6) is 1.60. The lowest BCUT2D eigenvalue weighted by Gasteiger charge is -2.31. The van der Waals surface area contributed by atoms with Gasteiger partial charge in [0.25, 0.3) is 0 Å². The first-order chi connectivity index (χ1) is 36.7. The minimum atomic E-state index is -0.188. The molecule has 11 aromatic carbocycles. The number of rotatable bonds is 6. The summed E-state index contributed by atoms with van der Waals surface area (Å²) in [6.07, 6.45) is 0. The number of ether oxygens (including phenoxy) is 1. The number of hydrogen-bond donors (Lipinski definition) is 0. The number of anilines is 6. The predicted octanol–water partition coefficient (Wildman–Crippen LogP) is 20.0. The van der Waals surface area contributed by atoms with Gasteiger partial charge in [-0.05, 0) is 123 Å². The third-order valence-electron chi connectivity index (χ3n) is 16.9. The molecule has 0 saturated heterocycles. The van der Waals surface area contributed by atoms with Crippen LogP contribution in [0.5, 0.6) is 11.5 Å². The quantitative estimate of drug-likeness (QED) is 0.166. The van der Waals surface area contributed by atoms with E-state index in [1.54, 1.807) is 0 Å². The number of para-hydroxylation sites is 4. The van der Waals surface area contributed by atoms with Crippen LogP contribution in [0.3, 0.4) is 0 Å². The Morgan fingerprint density at radius 2 is 0.760 bits per heavy atom. The van der Waals surface area contributed by atoms with Crippen molar-refractivity contribution in [2.45, 2.75) is 38.5 Å². The maximum absolute atomic E-state index is 7.19. The van der Waals surface area contributed by atoms with E-state index in [-0.39, 0.29) is 10.8 Å². The summed E-state index contributed by atoms with van der Waals surface area (Å²) < 4.78 is 20.8. The molecule has 3 aliphatic rings. The summed E-state index contributed by atoms with van der Waals surface area (Å²) in [6, 6.07) is 79.0. The van der Waals surface area contributed by atoms with Gasteiger partial charge in [0.15, 0.2) is 11.2 Å². The van der Waals surface area contributed by atoms with Gasteiger partial charge in [-0.3, -0.25) is 0 Å². The molecule has 0 N–H and O–H groups in total. The summed E-state index contributed by atoms with van der Waals surface area (Å²) in [7, 11) is 0. The standard InChI is InChI=1S/C70H48N2O3/c1-69(2)55-23-9-5-16-44(55)46-33-30-41(38-57(46)69)71(60-25-13-20-52-48-18-7-11-27-62(48)74-67(52)60)43-32-35-50-51-36-37-59(54-22-15-29-64(66(51)54)73-65(50)40-43)72(61-26-14-21-53-49-19-8-12-28-63(49)75-68(53)61)42-31-34-47-45-17-6-10-24-56(45)70(3,4)58(47)39-42/h5-40H,1-4H3. The molecule has 0 spiro atoms. The fraction of sp³-hybridized carbons (Fsp3) is 0.0857. The molecular formula is C70H48N2O3. The fourth-order valence-electron chi connectivity index (χ4n) is 13.3. The first-order valence-electron chi connectivity index (χ1n) is 26.0. The van der Waals surface area contributed by atoms with Gasteiger partial charge in [-0.1, -0.05) is 167 Å². The Hall–Kier alpha value is -9.32. The first kappa shape index (κ1) is 42.2. The Balaban J connectivity index is 0.876. The molecule has 0 radical (unpaired) electrons. The molecule has 0 amide bonds. The van der Waals surface area contributed by atoms with Crippen molar-refractivity contribution in [3.63, 3.8) is 0 Å². The van der Waals surface area contributed by atoms with Crippen molar-refractivity contribution in [3.05, 3.63) is 241 Å². The van der Waals surface area contributed by atoms with Crippen LogP contribution in [-0.4, -0.2) is 0 Å². The minimum absolute atomic E-state index is 0.184. The second kappa shape index (κ2) is 15.1. The van der Waals surface area contributed by atoms with Gasteiger partial charge in [-0.25, -0.2) is 0 Å². The average Bonchev–Trinajstić information content (AvgIpc) is 4.22. The SMILES string of the molecule is CC1(C)c2ccccc2-c2ccc(N(c3ccc4c(c3)Oc3cccc5c(N(c6ccc7c(c6)C(C)(C)c6ccccc6-7)c6cccc7c6oc6ccccc67)ccc-4c35)c3cccc4c3oc3ccccc34)cc21. The summed E-state index contributed by atoms with van der Waals surface area (Å²) >= 11 is 0. The van der Waals surface area contributed by atoms with E-state index < -0.39 is 0 Å². The third-order valence-corrected chi connectivity index (χ3v) is 16.9. The van der Waals surface area contributed by atoms with Crippen LogP contribution in [-0.2, 0) is 10.8 Å². The van der Waals surface area contributed by atoms with Gasteiger partial charge in [0.2, 0.25) is 0 Å². The number of nitrogens with zero attached hydrogens (tertiary/aromatic N) is 2. The van der Waals surface area contributed by atoms with Crippen molar-refractivity contribution in [2.24, 2.45) is 0 Å². The molecule has 75 heavy (non-hydrogen) atoms. The molecular weight excluding hydrogens is 917 g/mol. The highest BCUT2D eigenvalue weighted by Gasteiger charge is 2.38. The molecule has 2 aromatic heterocycles. The van der Waals surface area contributed by atoms with Crippen molar-refractivity contribution in [1.82, 2.24) is 0 Å². The molecule has 2 aliphatic carbocycles. The van der Waals surface area contributed by atoms with Gasteiger partial charge in [0.1, 0.15) is 22.7 Å². The normalized spacial score (nSPS) is 14.2. The lowest BCUT2D eigenvalue weighted by molar-refractivity contribution is 0.487. The monoisotopic (exact) mass is 964 g/mol. The average molecular weight is 965 g/mol. The van der Waals surface area contributed by atoms with Gasteiger partial charge in [0.05, 0.1) is 22.7 Å². The van der Waals surface area contributed by atoms with Crippen LogP contribution in [0.4, 0.5) is 34.1 Å². The second-order valence-corrected chi connectivity index (χ2v) is 21.6. The maximum Gasteiger partial charge on any atom is 0.159 e. The topological polar surface area (TPSA) is 42.0 Å². The minimum Gasteiger partial charge on any atom is -0.456 e. The number of benzene rings is 11. The Morgan fingerprint density at radius 3 is 1.37 bits per heavy atom. The Labute approximate surface area is 434 Å². The molecule has 0 atom stereocenters. The van der Waals surface area contributed by atoms with Crippen LogP contribution in [0.15, 0.2) is 227 Å². The van der Waals surface area contributed by atoms with E-state index in [1.807, 2.05) is 12.1 Å². The lowest BCUT2D eigenvalue weighted by atomic mass is 9.82. The van der Waals surface area contributed by atoms with E-state index in [2.05, 4.69) is 244 Å². The van der Waals surface area contributed by atoms with Crippen LogP contribution in [0.25, 0.3) is 88.0 Å². The molecule has 0 bridgehead atoms. The van der Waals surface area contributed by atoms with Gasteiger partial charge in [-0.15, -0.1) is 0 Å². The van der Waals surface area contributed by atoms with Crippen LogP contribution >= 0.6 is 0 Å². The van der Waals surface area contributed by atoms with Crippen molar-refractivity contribution >= 4 is 88.8 Å². The summed E-state index contributed by atoms with van der Waals surface area (Å²) in [6.45, 7) is 9.37. The fourth-order valence-corrected chi connectivity index (χ4v) is 13.3. The van der Waals surface area contributed by atoms with Crippen LogP contribution in [0, 0.1) is 0 Å². The molecule has 5 heteroatoms. The van der Waals surface area contributed by atoms with Crippen molar-refractivity contribution < 1.29 is 13.6 Å².